The molecule has 1 amide bonds. The van der Waals surface area contributed by atoms with Gasteiger partial charge in [0.1, 0.15) is 5.69 Å². The van der Waals surface area contributed by atoms with Crippen LogP contribution in [0.2, 0.25) is 0 Å². The predicted molar refractivity (Wildman–Crippen MR) is 105 cm³/mol. The maximum atomic E-state index is 13.0. The maximum absolute atomic E-state index is 13.0. The van der Waals surface area contributed by atoms with Crippen molar-refractivity contribution in [2.75, 3.05) is 6.54 Å². The Balaban J connectivity index is 1.67. The van der Waals surface area contributed by atoms with Gasteiger partial charge in [-0.1, -0.05) is 30.7 Å². The van der Waals surface area contributed by atoms with Crippen molar-refractivity contribution < 1.29 is 4.79 Å². The van der Waals surface area contributed by atoms with E-state index in [2.05, 4.69) is 5.32 Å². The average molecular weight is 366 g/mol. The number of benzene rings is 1. The normalized spacial score (nSPS) is 19.6. The first-order valence-electron chi connectivity index (χ1n) is 8.96. The van der Waals surface area contributed by atoms with E-state index in [1.165, 1.54) is 0 Å². The number of hydrogen-bond acceptors (Lipinski definition) is 4. The molecule has 4 rings (SSSR count). The number of thiophene rings is 1. The van der Waals surface area contributed by atoms with Crippen LogP contribution in [0.4, 0.5) is 0 Å². The Bertz CT molecular complexity index is 873. The molecule has 1 aliphatic rings. The molecule has 0 saturated heterocycles. The predicted octanol–water partition coefficient (Wildman–Crippen LogP) is 3.46. The number of hydrogen-bond donors (Lipinski definition) is 2. The first-order chi connectivity index (χ1) is 12.8. The Morgan fingerprint density at radius 1 is 1.23 bits per heavy atom. The second-order valence-corrected chi connectivity index (χ2v) is 7.60. The fourth-order valence-electron chi connectivity index (χ4n) is 3.60. The van der Waals surface area contributed by atoms with Gasteiger partial charge in [-0.05, 0) is 48.9 Å². The van der Waals surface area contributed by atoms with Crippen LogP contribution in [-0.4, -0.2) is 28.3 Å². The summed E-state index contributed by atoms with van der Waals surface area (Å²) in [5, 5.41) is 9.89. The number of carbonyl (C=O) groups excluding carboxylic acids is 1. The first-order valence-corrected chi connectivity index (χ1v) is 9.84. The summed E-state index contributed by atoms with van der Waals surface area (Å²) < 4.78 is 1.78. The summed E-state index contributed by atoms with van der Waals surface area (Å²) in [6.07, 6.45) is 5.03. The topological polar surface area (TPSA) is 72.9 Å². The zero-order chi connectivity index (χ0) is 17.9. The summed E-state index contributed by atoms with van der Waals surface area (Å²) in [6, 6.07) is 14.0. The smallest absolute Gasteiger partial charge is 0.255 e. The van der Waals surface area contributed by atoms with Crippen LogP contribution in [0, 0.1) is 5.92 Å². The molecule has 134 valence electrons. The van der Waals surface area contributed by atoms with Crippen LogP contribution in [0.25, 0.3) is 16.3 Å². The highest BCUT2D eigenvalue weighted by molar-refractivity contribution is 7.13. The van der Waals surface area contributed by atoms with Crippen LogP contribution in [0.1, 0.15) is 29.6 Å². The van der Waals surface area contributed by atoms with Crippen LogP contribution in [0.3, 0.4) is 0 Å². The Morgan fingerprint density at radius 2 is 2.08 bits per heavy atom. The summed E-state index contributed by atoms with van der Waals surface area (Å²) in [4.78, 5) is 14.0. The second kappa shape index (κ2) is 7.43. The summed E-state index contributed by atoms with van der Waals surface area (Å²) in [5.74, 6) is 0.300. The number of nitrogens with one attached hydrogen (secondary N) is 1. The monoisotopic (exact) mass is 366 g/mol. The van der Waals surface area contributed by atoms with Crippen molar-refractivity contribution >= 4 is 17.2 Å². The number of para-hydroxylation sites is 1. The molecule has 26 heavy (non-hydrogen) atoms. The highest BCUT2D eigenvalue weighted by atomic mass is 32.1. The molecule has 3 aromatic rings. The molecule has 0 spiro atoms. The lowest BCUT2D eigenvalue weighted by molar-refractivity contribution is 0.0929. The van der Waals surface area contributed by atoms with Gasteiger partial charge in [-0.2, -0.15) is 5.10 Å². The third-order valence-electron chi connectivity index (χ3n) is 5.01. The van der Waals surface area contributed by atoms with Crippen molar-refractivity contribution in [3.8, 4) is 16.3 Å². The van der Waals surface area contributed by atoms with Gasteiger partial charge in [0.15, 0.2) is 0 Å². The van der Waals surface area contributed by atoms with Crippen LogP contribution < -0.4 is 11.1 Å². The summed E-state index contributed by atoms with van der Waals surface area (Å²) in [7, 11) is 0. The lowest BCUT2D eigenvalue weighted by Crippen LogP contribution is -2.39. The van der Waals surface area contributed by atoms with E-state index in [0.717, 1.165) is 35.5 Å². The van der Waals surface area contributed by atoms with Crippen LogP contribution in [0.15, 0.2) is 54.0 Å². The van der Waals surface area contributed by atoms with Crippen molar-refractivity contribution in [2.24, 2.45) is 11.7 Å². The van der Waals surface area contributed by atoms with Gasteiger partial charge in [-0.15, -0.1) is 11.3 Å². The fourth-order valence-corrected chi connectivity index (χ4v) is 4.33. The Morgan fingerprint density at radius 3 is 2.81 bits per heavy atom. The van der Waals surface area contributed by atoms with E-state index in [4.69, 9.17) is 10.8 Å². The molecular weight excluding hydrogens is 344 g/mol. The average Bonchev–Trinajstić information content (AvgIpc) is 3.42. The highest BCUT2D eigenvalue weighted by Crippen LogP contribution is 2.29. The molecule has 6 heteroatoms. The molecule has 3 N–H and O–H groups in total. The van der Waals surface area contributed by atoms with Gasteiger partial charge >= 0.3 is 0 Å². The quantitative estimate of drug-likeness (QED) is 0.726. The molecule has 1 fully saturated rings. The van der Waals surface area contributed by atoms with E-state index >= 15 is 0 Å². The highest BCUT2D eigenvalue weighted by Gasteiger charge is 2.29. The third-order valence-corrected chi connectivity index (χ3v) is 5.89. The van der Waals surface area contributed by atoms with Crippen LogP contribution in [0.5, 0.6) is 0 Å². The Kier molecular flexibility index (Phi) is 4.86. The van der Waals surface area contributed by atoms with Crippen LogP contribution >= 0.6 is 11.3 Å². The molecule has 1 saturated carbocycles. The lowest BCUT2D eigenvalue weighted by Gasteiger charge is -2.19. The molecule has 5 nitrogen and oxygen atoms in total. The van der Waals surface area contributed by atoms with Gasteiger partial charge in [0, 0.05) is 12.2 Å². The van der Waals surface area contributed by atoms with E-state index in [9.17, 15) is 4.79 Å². The Labute approximate surface area is 156 Å². The molecule has 0 radical (unpaired) electrons. The van der Waals surface area contributed by atoms with Crippen molar-refractivity contribution in [1.82, 2.24) is 15.1 Å². The van der Waals surface area contributed by atoms with E-state index in [0.29, 0.717) is 18.0 Å². The maximum Gasteiger partial charge on any atom is 0.255 e. The largest absolute Gasteiger partial charge is 0.349 e. The van der Waals surface area contributed by atoms with Gasteiger partial charge in [0.2, 0.25) is 0 Å². The Hall–Kier alpha value is -2.44. The SMILES string of the molecule is NCC1CCCC1NC(=O)c1cn(-c2ccccc2)nc1-c1cccs1. The third kappa shape index (κ3) is 3.30. The van der Waals surface area contributed by atoms with Gasteiger partial charge in [-0.25, -0.2) is 4.68 Å². The van der Waals surface area contributed by atoms with Crippen molar-refractivity contribution in [2.45, 2.75) is 25.3 Å². The van der Waals surface area contributed by atoms with Crippen molar-refractivity contribution in [3.05, 3.63) is 59.6 Å². The van der Waals surface area contributed by atoms with Crippen LogP contribution in [-0.2, 0) is 0 Å². The number of nitrogens with zero attached hydrogens (tertiary/aromatic N) is 2. The number of amides is 1. The standard InChI is InChI=1S/C20H22N4OS/c21-12-14-6-4-9-17(14)22-20(25)16-13-24(15-7-2-1-3-8-15)23-19(16)18-10-5-11-26-18/h1-3,5,7-8,10-11,13-14,17H,4,6,9,12,21H2,(H,22,25). The van der Waals surface area contributed by atoms with E-state index in [1.54, 1.807) is 16.0 Å². The molecule has 0 bridgehead atoms. The zero-order valence-corrected chi connectivity index (χ0v) is 15.3. The van der Waals surface area contributed by atoms with E-state index in [1.807, 2.05) is 54.0 Å². The molecule has 0 aliphatic heterocycles. The molecule has 2 unspecified atom stereocenters. The number of rotatable bonds is 5. The van der Waals surface area contributed by atoms with Gasteiger partial charge in [0.25, 0.3) is 5.91 Å². The fraction of sp³-hybridized carbons (Fsp3) is 0.300. The molecule has 2 heterocycles. The summed E-state index contributed by atoms with van der Waals surface area (Å²) in [6.45, 7) is 0.617. The first kappa shape index (κ1) is 17.0. The number of nitrogens with two attached hydrogens (primary N) is 1. The molecule has 1 aliphatic carbocycles. The van der Waals surface area contributed by atoms with Crippen molar-refractivity contribution in [1.29, 1.82) is 0 Å². The summed E-state index contributed by atoms with van der Waals surface area (Å²) >= 11 is 1.59. The second-order valence-electron chi connectivity index (χ2n) is 6.66. The lowest BCUT2D eigenvalue weighted by atomic mass is 10.0. The molecule has 1 aromatic carbocycles. The van der Waals surface area contributed by atoms with Gasteiger partial charge in [-0.3, -0.25) is 4.79 Å². The molecule has 2 atom stereocenters. The summed E-state index contributed by atoms with van der Waals surface area (Å²) in [5.41, 5.74) is 8.13. The minimum atomic E-state index is -0.0686. The molecular formula is C20H22N4OS. The minimum Gasteiger partial charge on any atom is -0.349 e. The minimum absolute atomic E-state index is 0.0686. The van der Waals surface area contributed by atoms with Gasteiger partial charge in [0.05, 0.1) is 16.1 Å². The zero-order valence-electron chi connectivity index (χ0n) is 14.5. The van der Waals surface area contributed by atoms with Gasteiger partial charge < -0.3 is 11.1 Å². The molecule has 2 aromatic heterocycles. The van der Waals surface area contributed by atoms with Crippen molar-refractivity contribution in [3.63, 3.8) is 0 Å². The van der Waals surface area contributed by atoms with E-state index < -0.39 is 0 Å². The number of carbonyl (C=O) groups is 1. The number of aromatic nitrogens is 2. The van der Waals surface area contributed by atoms with E-state index in [-0.39, 0.29) is 11.9 Å².